The van der Waals surface area contributed by atoms with Crippen molar-refractivity contribution in [2.24, 2.45) is 5.92 Å². The Hall–Kier alpha value is -0.320. The molecule has 1 fully saturated rings. The Morgan fingerprint density at radius 1 is 1.32 bits per heavy atom. The third-order valence-corrected chi connectivity index (χ3v) is 4.52. The molecule has 1 aliphatic rings. The molecule has 1 aromatic heterocycles. The first kappa shape index (κ1) is 15.1. The highest BCUT2D eigenvalue weighted by Gasteiger charge is 2.25. The molecule has 1 atom stereocenters. The summed E-state index contributed by atoms with van der Waals surface area (Å²) in [6.07, 6.45) is 2.58. The molecule has 2 rings (SSSR count). The molecule has 0 aliphatic carbocycles. The van der Waals surface area contributed by atoms with Gasteiger partial charge in [0.15, 0.2) is 4.67 Å². The molecule has 0 aromatic carbocycles. The summed E-state index contributed by atoms with van der Waals surface area (Å²) in [5.41, 5.74) is 0. The normalized spacial score (nSPS) is 19.3. The lowest BCUT2D eigenvalue weighted by atomic mass is 9.96. The lowest BCUT2D eigenvalue weighted by Gasteiger charge is -2.36. The maximum atomic E-state index is 5.73. The second-order valence-corrected chi connectivity index (χ2v) is 6.58. The predicted octanol–water partition coefficient (Wildman–Crippen LogP) is 3.81. The van der Waals surface area contributed by atoms with Crippen molar-refractivity contribution in [3.05, 3.63) is 22.6 Å². The fourth-order valence-electron chi connectivity index (χ4n) is 2.89. The number of halogens is 1. The second-order valence-electron chi connectivity index (χ2n) is 5.80. The number of piperidine rings is 1. The largest absolute Gasteiger partial charge is 0.453 e. The zero-order valence-electron chi connectivity index (χ0n) is 12.2. The zero-order valence-corrected chi connectivity index (χ0v) is 13.7. The molecular weight excluding hydrogens is 304 g/mol. The summed E-state index contributed by atoms with van der Waals surface area (Å²) in [7, 11) is 0. The molecule has 1 unspecified atom stereocenters. The van der Waals surface area contributed by atoms with Crippen molar-refractivity contribution in [2.75, 3.05) is 19.6 Å². The van der Waals surface area contributed by atoms with Gasteiger partial charge in [-0.05, 0) is 80.7 Å². The summed E-state index contributed by atoms with van der Waals surface area (Å²) in [6, 6.07) is 4.93. The summed E-state index contributed by atoms with van der Waals surface area (Å²) in [5, 5.41) is 3.44. The molecule has 19 heavy (non-hydrogen) atoms. The molecule has 0 amide bonds. The van der Waals surface area contributed by atoms with Crippen molar-refractivity contribution in [2.45, 2.75) is 45.7 Å². The van der Waals surface area contributed by atoms with E-state index in [0.717, 1.165) is 29.4 Å². The first-order chi connectivity index (χ1) is 9.08. The average Bonchev–Trinajstić information content (AvgIpc) is 2.83. The van der Waals surface area contributed by atoms with Gasteiger partial charge in [-0.2, -0.15) is 0 Å². The minimum absolute atomic E-state index is 0.334. The van der Waals surface area contributed by atoms with E-state index >= 15 is 0 Å². The van der Waals surface area contributed by atoms with Crippen molar-refractivity contribution in [1.82, 2.24) is 10.2 Å². The highest BCUT2D eigenvalue weighted by molar-refractivity contribution is 9.10. The van der Waals surface area contributed by atoms with E-state index in [0.29, 0.717) is 12.1 Å². The van der Waals surface area contributed by atoms with Crippen LogP contribution in [-0.4, -0.2) is 30.6 Å². The summed E-state index contributed by atoms with van der Waals surface area (Å²) in [4.78, 5) is 2.56. The molecule has 4 heteroatoms. The highest BCUT2D eigenvalue weighted by atomic mass is 79.9. The van der Waals surface area contributed by atoms with Crippen LogP contribution in [0.5, 0.6) is 0 Å². The third kappa shape index (κ3) is 4.07. The number of hydrogen-bond donors (Lipinski definition) is 1. The lowest BCUT2D eigenvalue weighted by Crippen LogP contribution is -2.40. The number of nitrogens with one attached hydrogen (secondary N) is 1. The van der Waals surface area contributed by atoms with Crippen LogP contribution in [0.3, 0.4) is 0 Å². The Labute approximate surface area is 124 Å². The molecular formula is C15H25BrN2O. The Bertz CT molecular complexity index is 385. The van der Waals surface area contributed by atoms with Crippen molar-refractivity contribution in [3.8, 4) is 0 Å². The summed E-state index contributed by atoms with van der Waals surface area (Å²) in [5.74, 6) is 1.86. The number of rotatable bonds is 5. The van der Waals surface area contributed by atoms with E-state index < -0.39 is 0 Å². The van der Waals surface area contributed by atoms with Crippen molar-refractivity contribution in [3.63, 3.8) is 0 Å². The van der Waals surface area contributed by atoms with Crippen LogP contribution in [0.1, 0.15) is 45.4 Å². The number of nitrogens with zero attached hydrogens (tertiary/aromatic N) is 1. The highest BCUT2D eigenvalue weighted by Crippen LogP contribution is 2.28. The minimum atomic E-state index is 0.334. The molecule has 1 aliphatic heterocycles. The SMILES string of the molecule is CC(C)N(CC1CCNCC1)C(C)c1ccc(Br)o1. The molecule has 0 saturated carbocycles. The smallest absolute Gasteiger partial charge is 0.169 e. The van der Waals surface area contributed by atoms with E-state index in [1.54, 1.807) is 0 Å². The molecule has 3 nitrogen and oxygen atoms in total. The predicted molar refractivity (Wildman–Crippen MR) is 82.3 cm³/mol. The number of hydrogen-bond acceptors (Lipinski definition) is 3. The van der Waals surface area contributed by atoms with Gasteiger partial charge in [0.1, 0.15) is 5.76 Å². The lowest BCUT2D eigenvalue weighted by molar-refractivity contribution is 0.111. The first-order valence-corrected chi connectivity index (χ1v) is 8.09. The third-order valence-electron chi connectivity index (χ3n) is 4.09. The van der Waals surface area contributed by atoms with Crippen LogP contribution in [0.4, 0.5) is 0 Å². The van der Waals surface area contributed by atoms with Crippen LogP contribution in [0.2, 0.25) is 0 Å². The molecule has 0 bridgehead atoms. The van der Waals surface area contributed by atoms with E-state index in [2.05, 4.69) is 53.0 Å². The van der Waals surface area contributed by atoms with Gasteiger partial charge in [0.05, 0.1) is 6.04 Å². The zero-order chi connectivity index (χ0) is 13.8. The van der Waals surface area contributed by atoms with E-state index in [4.69, 9.17) is 4.42 Å². The molecule has 108 valence electrons. The summed E-state index contributed by atoms with van der Waals surface area (Å²) < 4.78 is 6.55. The van der Waals surface area contributed by atoms with Crippen LogP contribution in [0.15, 0.2) is 21.2 Å². The summed E-state index contributed by atoms with van der Waals surface area (Å²) >= 11 is 3.39. The average molecular weight is 329 g/mol. The number of furan rings is 1. The van der Waals surface area contributed by atoms with Crippen LogP contribution < -0.4 is 5.32 Å². The van der Waals surface area contributed by atoms with E-state index in [1.807, 2.05) is 6.07 Å². The monoisotopic (exact) mass is 328 g/mol. The van der Waals surface area contributed by atoms with Crippen molar-refractivity contribution >= 4 is 15.9 Å². The van der Waals surface area contributed by atoms with E-state index in [9.17, 15) is 0 Å². The maximum Gasteiger partial charge on any atom is 0.169 e. The minimum Gasteiger partial charge on any atom is -0.453 e. The molecule has 1 N–H and O–H groups in total. The van der Waals surface area contributed by atoms with Gasteiger partial charge in [0, 0.05) is 12.6 Å². The fourth-order valence-corrected chi connectivity index (χ4v) is 3.21. The van der Waals surface area contributed by atoms with E-state index in [-0.39, 0.29) is 0 Å². The summed E-state index contributed by atoms with van der Waals surface area (Å²) in [6.45, 7) is 10.3. The van der Waals surface area contributed by atoms with Gasteiger partial charge in [-0.25, -0.2) is 0 Å². The second kappa shape index (κ2) is 6.91. The standard InChI is InChI=1S/C15H25BrN2O/c1-11(2)18(10-13-6-8-17-9-7-13)12(3)14-4-5-15(16)19-14/h4-5,11-13,17H,6-10H2,1-3H3. The van der Waals surface area contributed by atoms with Gasteiger partial charge in [0.2, 0.25) is 0 Å². The van der Waals surface area contributed by atoms with Crippen molar-refractivity contribution < 1.29 is 4.42 Å². The first-order valence-electron chi connectivity index (χ1n) is 7.29. The van der Waals surface area contributed by atoms with Gasteiger partial charge in [-0.3, -0.25) is 4.90 Å². The van der Waals surface area contributed by atoms with Crippen LogP contribution in [-0.2, 0) is 0 Å². The molecule has 2 heterocycles. The Morgan fingerprint density at radius 2 is 2.00 bits per heavy atom. The topological polar surface area (TPSA) is 28.4 Å². The maximum absolute atomic E-state index is 5.73. The van der Waals surface area contributed by atoms with Gasteiger partial charge in [0.25, 0.3) is 0 Å². The Balaban J connectivity index is 2.02. The quantitative estimate of drug-likeness (QED) is 0.890. The van der Waals surface area contributed by atoms with Gasteiger partial charge in [-0.15, -0.1) is 0 Å². The van der Waals surface area contributed by atoms with Crippen LogP contribution >= 0.6 is 15.9 Å². The van der Waals surface area contributed by atoms with Gasteiger partial charge in [-0.1, -0.05) is 0 Å². The van der Waals surface area contributed by atoms with E-state index in [1.165, 1.54) is 19.4 Å². The van der Waals surface area contributed by atoms with Gasteiger partial charge >= 0.3 is 0 Å². The molecule has 1 saturated heterocycles. The molecule has 0 spiro atoms. The Kier molecular flexibility index (Phi) is 5.48. The Morgan fingerprint density at radius 3 is 2.53 bits per heavy atom. The fraction of sp³-hybridized carbons (Fsp3) is 0.733. The van der Waals surface area contributed by atoms with Crippen LogP contribution in [0.25, 0.3) is 0 Å². The van der Waals surface area contributed by atoms with Crippen molar-refractivity contribution in [1.29, 1.82) is 0 Å². The van der Waals surface area contributed by atoms with Gasteiger partial charge < -0.3 is 9.73 Å². The molecule has 0 radical (unpaired) electrons. The van der Waals surface area contributed by atoms with Crippen LogP contribution in [0, 0.1) is 5.92 Å². The molecule has 1 aromatic rings.